The van der Waals surface area contributed by atoms with E-state index in [9.17, 15) is 0 Å². The van der Waals surface area contributed by atoms with Gasteiger partial charge in [-0.05, 0) is 19.4 Å². The highest BCUT2D eigenvalue weighted by Crippen LogP contribution is 2.27. The van der Waals surface area contributed by atoms with Crippen LogP contribution < -0.4 is 4.74 Å². The minimum Gasteiger partial charge on any atom is -0.495 e. The molecule has 0 fully saturated rings. The van der Waals surface area contributed by atoms with Gasteiger partial charge in [-0.15, -0.1) is 0 Å². The molecule has 0 saturated carbocycles. The maximum atomic E-state index is 6.18. The van der Waals surface area contributed by atoms with Crippen molar-refractivity contribution in [1.29, 1.82) is 0 Å². The molecule has 2 rings (SSSR count). The first-order valence-corrected chi connectivity index (χ1v) is 6.56. The van der Waals surface area contributed by atoms with Gasteiger partial charge in [-0.1, -0.05) is 18.5 Å². The van der Waals surface area contributed by atoms with Crippen molar-refractivity contribution in [3.05, 3.63) is 35.0 Å². The summed E-state index contributed by atoms with van der Waals surface area (Å²) in [4.78, 5) is 13.0. The highest BCUT2D eigenvalue weighted by atomic mass is 35.5. The summed E-state index contributed by atoms with van der Waals surface area (Å²) in [7, 11) is 1.61. The van der Waals surface area contributed by atoms with Gasteiger partial charge in [0.05, 0.1) is 19.0 Å². The predicted octanol–water partition coefficient (Wildman–Crippen LogP) is 3.46. The smallest absolute Gasteiger partial charge is 0.137 e. The maximum absolute atomic E-state index is 6.18. The van der Waals surface area contributed by atoms with Crippen molar-refractivity contribution in [3.63, 3.8) is 0 Å². The molecule has 4 nitrogen and oxygen atoms in total. The summed E-state index contributed by atoms with van der Waals surface area (Å²) in [6, 6.07) is 1.90. The van der Waals surface area contributed by atoms with Crippen LogP contribution in [0.3, 0.4) is 0 Å². The Hall–Kier alpha value is -1.68. The number of pyridine rings is 1. The highest BCUT2D eigenvalue weighted by Gasteiger charge is 2.12. The second kappa shape index (κ2) is 5.97. The average molecular weight is 278 g/mol. The van der Waals surface area contributed by atoms with E-state index in [0.717, 1.165) is 35.5 Å². The van der Waals surface area contributed by atoms with Gasteiger partial charge in [0.15, 0.2) is 0 Å². The third-order valence-electron chi connectivity index (χ3n) is 2.83. The first-order chi connectivity index (χ1) is 9.15. The van der Waals surface area contributed by atoms with E-state index < -0.39 is 0 Å². The number of ether oxygens (including phenoxy) is 1. The van der Waals surface area contributed by atoms with E-state index >= 15 is 0 Å². The van der Waals surface area contributed by atoms with Gasteiger partial charge in [-0.2, -0.15) is 0 Å². The molecule has 0 atom stereocenters. The van der Waals surface area contributed by atoms with Crippen LogP contribution >= 0.6 is 11.6 Å². The molecule has 0 radical (unpaired) electrons. The molecule has 0 aromatic carbocycles. The molecular weight excluding hydrogens is 262 g/mol. The molecule has 0 spiro atoms. The molecule has 2 aromatic rings. The zero-order chi connectivity index (χ0) is 13.8. The summed E-state index contributed by atoms with van der Waals surface area (Å²) in [6.07, 6.45) is 5.21. The maximum Gasteiger partial charge on any atom is 0.137 e. The van der Waals surface area contributed by atoms with Gasteiger partial charge in [0.2, 0.25) is 0 Å². The highest BCUT2D eigenvalue weighted by molar-refractivity contribution is 6.30. The Morgan fingerprint density at radius 2 is 2.05 bits per heavy atom. The van der Waals surface area contributed by atoms with Gasteiger partial charge < -0.3 is 4.74 Å². The Bertz CT molecular complexity index is 587. The quantitative estimate of drug-likeness (QED) is 0.803. The molecule has 2 aromatic heterocycles. The number of nitrogens with zero attached hydrogens (tertiary/aromatic N) is 3. The number of aromatic nitrogens is 3. The summed E-state index contributed by atoms with van der Waals surface area (Å²) < 4.78 is 5.19. The molecule has 100 valence electrons. The van der Waals surface area contributed by atoms with Gasteiger partial charge >= 0.3 is 0 Å². The Morgan fingerprint density at radius 3 is 2.74 bits per heavy atom. The van der Waals surface area contributed by atoms with E-state index in [1.807, 2.05) is 13.0 Å². The van der Waals surface area contributed by atoms with Crippen LogP contribution in [0.1, 0.15) is 24.7 Å². The van der Waals surface area contributed by atoms with Gasteiger partial charge in [0, 0.05) is 23.7 Å². The molecule has 5 heteroatoms. The lowest BCUT2D eigenvalue weighted by molar-refractivity contribution is 0.413. The van der Waals surface area contributed by atoms with Crippen molar-refractivity contribution in [2.45, 2.75) is 26.7 Å². The summed E-state index contributed by atoms with van der Waals surface area (Å²) in [5, 5.41) is 0.497. The van der Waals surface area contributed by atoms with Crippen molar-refractivity contribution >= 4 is 11.6 Å². The van der Waals surface area contributed by atoms with Crippen LogP contribution in [0.15, 0.2) is 18.5 Å². The first-order valence-electron chi connectivity index (χ1n) is 6.18. The number of aryl methyl sites for hydroxylation is 1. The lowest BCUT2D eigenvalue weighted by Gasteiger charge is -2.09. The van der Waals surface area contributed by atoms with Crippen molar-refractivity contribution in [1.82, 2.24) is 15.0 Å². The van der Waals surface area contributed by atoms with E-state index in [1.165, 1.54) is 0 Å². The van der Waals surface area contributed by atoms with Gasteiger partial charge in [0.25, 0.3) is 0 Å². The fourth-order valence-corrected chi connectivity index (χ4v) is 2.00. The normalized spacial score (nSPS) is 10.5. The summed E-state index contributed by atoms with van der Waals surface area (Å²) >= 11 is 6.18. The van der Waals surface area contributed by atoms with Gasteiger partial charge in [-0.25, -0.2) is 9.97 Å². The van der Waals surface area contributed by atoms with E-state index in [-0.39, 0.29) is 0 Å². The average Bonchev–Trinajstić information content (AvgIpc) is 2.43. The number of hydrogen-bond donors (Lipinski definition) is 0. The van der Waals surface area contributed by atoms with Crippen molar-refractivity contribution in [3.8, 4) is 17.0 Å². The van der Waals surface area contributed by atoms with Crippen LogP contribution in [0, 0.1) is 6.92 Å². The van der Waals surface area contributed by atoms with Crippen LogP contribution in [0.2, 0.25) is 5.15 Å². The fraction of sp³-hybridized carbons (Fsp3) is 0.357. The minimum absolute atomic E-state index is 0.497. The van der Waals surface area contributed by atoms with Gasteiger partial charge in [0.1, 0.15) is 16.7 Å². The molecular formula is C14H16ClN3O. The summed E-state index contributed by atoms with van der Waals surface area (Å²) in [5.41, 5.74) is 2.56. The van der Waals surface area contributed by atoms with E-state index in [2.05, 4.69) is 21.9 Å². The molecule has 0 aliphatic carbocycles. The number of rotatable bonds is 4. The van der Waals surface area contributed by atoms with Crippen LogP contribution in [0.4, 0.5) is 0 Å². The Labute approximate surface area is 117 Å². The first kappa shape index (κ1) is 13.7. The number of methoxy groups -OCH3 is 1. The fourth-order valence-electron chi connectivity index (χ4n) is 1.81. The Kier molecular flexibility index (Phi) is 4.32. The monoisotopic (exact) mass is 277 g/mol. The molecule has 0 aliphatic heterocycles. The third-order valence-corrected chi connectivity index (χ3v) is 3.20. The second-order valence-electron chi connectivity index (χ2n) is 4.27. The lowest BCUT2D eigenvalue weighted by Crippen LogP contribution is -2.01. The van der Waals surface area contributed by atoms with E-state index in [4.69, 9.17) is 16.3 Å². The van der Waals surface area contributed by atoms with Crippen LogP contribution in [0.5, 0.6) is 5.75 Å². The molecule has 0 saturated heterocycles. The minimum atomic E-state index is 0.497. The molecule has 19 heavy (non-hydrogen) atoms. The molecule has 0 N–H and O–H groups in total. The topological polar surface area (TPSA) is 47.9 Å². The van der Waals surface area contributed by atoms with Crippen LogP contribution in [-0.2, 0) is 6.42 Å². The van der Waals surface area contributed by atoms with Crippen molar-refractivity contribution in [2.75, 3.05) is 7.11 Å². The third kappa shape index (κ3) is 3.01. The SMILES string of the molecule is CCCc1nc(Cl)c(C)c(-c2cncc(OC)c2)n1. The molecule has 0 amide bonds. The predicted molar refractivity (Wildman–Crippen MR) is 75.6 cm³/mol. The molecule has 0 aliphatic rings. The number of halogens is 1. The number of hydrogen-bond acceptors (Lipinski definition) is 4. The lowest BCUT2D eigenvalue weighted by atomic mass is 10.1. The summed E-state index contributed by atoms with van der Waals surface area (Å²) in [6.45, 7) is 4.00. The van der Waals surface area contributed by atoms with E-state index in [1.54, 1.807) is 19.5 Å². The Morgan fingerprint density at radius 1 is 1.26 bits per heavy atom. The van der Waals surface area contributed by atoms with Crippen molar-refractivity contribution in [2.24, 2.45) is 0 Å². The van der Waals surface area contributed by atoms with Crippen LogP contribution in [0.25, 0.3) is 11.3 Å². The van der Waals surface area contributed by atoms with Gasteiger partial charge in [-0.3, -0.25) is 4.98 Å². The zero-order valence-corrected chi connectivity index (χ0v) is 12.0. The molecule has 0 bridgehead atoms. The van der Waals surface area contributed by atoms with Crippen LogP contribution in [-0.4, -0.2) is 22.1 Å². The Balaban J connectivity index is 2.53. The molecule has 0 unspecified atom stereocenters. The van der Waals surface area contributed by atoms with Crippen molar-refractivity contribution < 1.29 is 4.74 Å². The largest absolute Gasteiger partial charge is 0.495 e. The van der Waals surface area contributed by atoms with E-state index in [0.29, 0.717) is 10.9 Å². The summed E-state index contributed by atoms with van der Waals surface area (Å²) in [5.74, 6) is 1.46. The molecule has 2 heterocycles. The zero-order valence-electron chi connectivity index (χ0n) is 11.3. The standard InChI is InChI=1S/C14H16ClN3O/c1-4-5-12-17-13(9(2)14(15)18-12)10-6-11(19-3)8-16-7-10/h6-8H,4-5H2,1-3H3. The second-order valence-corrected chi connectivity index (χ2v) is 4.63.